The van der Waals surface area contributed by atoms with E-state index < -0.39 is 17.0 Å². The Hall–Kier alpha value is -1.25. The van der Waals surface area contributed by atoms with Crippen LogP contribution in [0.5, 0.6) is 0 Å². The molecule has 0 atom stereocenters. The molecule has 0 aliphatic heterocycles. The lowest BCUT2D eigenvalue weighted by Crippen LogP contribution is -2.20. The van der Waals surface area contributed by atoms with Crippen LogP contribution in [0.2, 0.25) is 0 Å². The van der Waals surface area contributed by atoms with Gasteiger partial charge in [0.05, 0.1) is 0 Å². The van der Waals surface area contributed by atoms with Crippen LogP contribution < -0.4 is 0 Å². The van der Waals surface area contributed by atoms with Gasteiger partial charge in [0.1, 0.15) is 5.78 Å². The number of halogens is 2. The molecule has 0 spiro atoms. The van der Waals surface area contributed by atoms with Crippen LogP contribution in [0.15, 0.2) is 18.2 Å². The molecule has 0 radical (unpaired) electrons. The number of ketones is 1. The van der Waals surface area contributed by atoms with Crippen LogP contribution >= 0.6 is 0 Å². The normalized spacial score (nSPS) is 11.6. The average molecular weight is 226 g/mol. The van der Waals surface area contributed by atoms with E-state index in [0.29, 0.717) is 0 Å². The first-order valence-electron chi connectivity index (χ1n) is 5.28. The van der Waals surface area contributed by atoms with Crippen molar-refractivity contribution in [3.05, 3.63) is 35.4 Å². The molecular formula is C13H16F2O. The first kappa shape index (κ1) is 12.8. The first-order chi connectivity index (χ1) is 7.32. The summed E-state index contributed by atoms with van der Waals surface area (Å²) in [6, 6.07) is 4.04. The van der Waals surface area contributed by atoms with Crippen molar-refractivity contribution in [2.75, 3.05) is 0 Å². The van der Waals surface area contributed by atoms with Gasteiger partial charge in [-0.15, -0.1) is 0 Å². The highest BCUT2D eigenvalue weighted by Gasteiger charge is 2.21. The van der Waals surface area contributed by atoms with E-state index in [0.717, 1.165) is 6.07 Å². The van der Waals surface area contributed by atoms with Gasteiger partial charge in [0, 0.05) is 11.8 Å². The molecule has 88 valence electrons. The molecule has 1 aromatic rings. The summed E-state index contributed by atoms with van der Waals surface area (Å²) in [6.07, 6.45) is 0.490. The van der Waals surface area contributed by atoms with Gasteiger partial charge in [-0.05, 0) is 18.1 Å². The Kier molecular flexibility index (Phi) is 3.79. The largest absolute Gasteiger partial charge is 0.299 e. The Balaban J connectivity index is 2.69. The number of hydrogen-bond acceptors (Lipinski definition) is 1. The molecule has 0 fully saturated rings. The van der Waals surface area contributed by atoms with Gasteiger partial charge in [0.2, 0.25) is 0 Å². The molecule has 0 N–H and O–H groups in total. The summed E-state index contributed by atoms with van der Waals surface area (Å²) in [7, 11) is 0. The molecule has 0 aliphatic carbocycles. The summed E-state index contributed by atoms with van der Waals surface area (Å²) < 4.78 is 26.1. The molecule has 0 saturated carbocycles. The Morgan fingerprint density at radius 3 is 2.44 bits per heavy atom. The molecule has 0 bridgehead atoms. The van der Waals surface area contributed by atoms with Crippen LogP contribution in [0, 0.1) is 17.0 Å². The predicted molar refractivity (Wildman–Crippen MR) is 59.1 cm³/mol. The highest BCUT2D eigenvalue weighted by molar-refractivity contribution is 5.83. The number of Topliss-reactive ketones (excluding diaryl/α,β-unsaturated/α-hetero) is 1. The van der Waals surface area contributed by atoms with Gasteiger partial charge in [-0.2, -0.15) is 0 Å². The molecule has 3 heteroatoms. The maximum atomic E-state index is 13.3. The van der Waals surface area contributed by atoms with Crippen LogP contribution in [0.3, 0.4) is 0 Å². The predicted octanol–water partition coefficient (Wildman–Crippen LogP) is 3.51. The van der Waals surface area contributed by atoms with E-state index >= 15 is 0 Å². The number of carbonyl (C=O) groups excluding carboxylic acids is 1. The fraction of sp³-hybridized carbons (Fsp3) is 0.462. The van der Waals surface area contributed by atoms with Crippen molar-refractivity contribution in [2.24, 2.45) is 5.41 Å². The van der Waals surface area contributed by atoms with Crippen molar-refractivity contribution < 1.29 is 13.6 Å². The van der Waals surface area contributed by atoms with Gasteiger partial charge in [-0.3, -0.25) is 4.79 Å². The maximum absolute atomic E-state index is 13.3. The van der Waals surface area contributed by atoms with E-state index in [1.165, 1.54) is 12.1 Å². The number of rotatable bonds is 3. The molecule has 1 rings (SSSR count). The number of benzene rings is 1. The second kappa shape index (κ2) is 4.73. The summed E-state index contributed by atoms with van der Waals surface area (Å²) in [6.45, 7) is 5.45. The van der Waals surface area contributed by atoms with E-state index in [1.54, 1.807) is 0 Å². The Morgan fingerprint density at radius 2 is 1.88 bits per heavy atom. The van der Waals surface area contributed by atoms with Crippen LogP contribution in [0.25, 0.3) is 0 Å². The third-order valence-electron chi connectivity index (χ3n) is 2.49. The summed E-state index contributed by atoms with van der Waals surface area (Å²) in [5, 5.41) is 0. The zero-order valence-electron chi connectivity index (χ0n) is 9.81. The van der Waals surface area contributed by atoms with Crippen molar-refractivity contribution >= 4 is 5.78 Å². The fourth-order valence-electron chi connectivity index (χ4n) is 1.36. The molecule has 16 heavy (non-hydrogen) atoms. The van der Waals surface area contributed by atoms with Gasteiger partial charge >= 0.3 is 0 Å². The van der Waals surface area contributed by atoms with E-state index in [2.05, 4.69) is 0 Å². The molecule has 1 nitrogen and oxygen atoms in total. The highest BCUT2D eigenvalue weighted by atomic mass is 19.2. The number of carbonyl (C=O) groups is 1. The molecule has 0 aromatic heterocycles. The third-order valence-corrected chi connectivity index (χ3v) is 2.49. The monoisotopic (exact) mass is 226 g/mol. The summed E-state index contributed by atoms with van der Waals surface area (Å²) in [5.74, 6) is -1.65. The van der Waals surface area contributed by atoms with Crippen LogP contribution in [0.1, 0.15) is 32.8 Å². The van der Waals surface area contributed by atoms with Gasteiger partial charge in [-0.25, -0.2) is 8.78 Å². The van der Waals surface area contributed by atoms with Gasteiger partial charge in [0.15, 0.2) is 11.6 Å². The minimum Gasteiger partial charge on any atom is -0.299 e. The van der Waals surface area contributed by atoms with Crippen molar-refractivity contribution in [1.82, 2.24) is 0 Å². The van der Waals surface area contributed by atoms with Crippen LogP contribution in [-0.4, -0.2) is 5.78 Å². The molecule has 0 amide bonds. The zero-order chi connectivity index (χ0) is 12.3. The minimum absolute atomic E-state index is 0.0520. The SMILES string of the molecule is CC(C)(C)C(=O)CCc1cccc(F)c1F. The van der Waals surface area contributed by atoms with Crippen molar-refractivity contribution in [1.29, 1.82) is 0 Å². The standard InChI is InChI=1S/C13H16F2O/c1-13(2,3)11(16)8-7-9-5-4-6-10(14)12(9)15/h4-6H,7-8H2,1-3H3. The number of hydrogen-bond donors (Lipinski definition) is 0. The molecule has 0 heterocycles. The summed E-state index contributed by atoms with van der Waals surface area (Å²) in [4.78, 5) is 11.6. The lowest BCUT2D eigenvalue weighted by molar-refractivity contribution is -0.126. The topological polar surface area (TPSA) is 17.1 Å². The van der Waals surface area contributed by atoms with Crippen molar-refractivity contribution in [2.45, 2.75) is 33.6 Å². The molecule has 0 aliphatic rings. The smallest absolute Gasteiger partial charge is 0.162 e. The van der Waals surface area contributed by atoms with Crippen LogP contribution in [-0.2, 0) is 11.2 Å². The molecular weight excluding hydrogens is 210 g/mol. The highest BCUT2D eigenvalue weighted by Crippen LogP contribution is 2.19. The second-order valence-corrected chi connectivity index (χ2v) is 4.89. The Labute approximate surface area is 94.5 Å². The number of aryl methyl sites for hydroxylation is 1. The summed E-state index contributed by atoms with van der Waals surface area (Å²) in [5.41, 5.74) is -0.165. The minimum atomic E-state index is -0.860. The van der Waals surface area contributed by atoms with E-state index in [1.807, 2.05) is 20.8 Å². The van der Waals surface area contributed by atoms with Gasteiger partial charge in [0.25, 0.3) is 0 Å². The van der Waals surface area contributed by atoms with Crippen molar-refractivity contribution in [3.8, 4) is 0 Å². The molecule has 1 aromatic carbocycles. The van der Waals surface area contributed by atoms with Crippen LogP contribution in [0.4, 0.5) is 8.78 Å². The second-order valence-electron chi connectivity index (χ2n) is 4.89. The zero-order valence-corrected chi connectivity index (χ0v) is 9.81. The quantitative estimate of drug-likeness (QED) is 0.770. The van der Waals surface area contributed by atoms with E-state index in [-0.39, 0.29) is 24.2 Å². The first-order valence-corrected chi connectivity index (χ1v) is 5.28. The van der Waals surface area contributed by atoms with E-state index in [4.69, 9.17) is 0 Å². The lowest BCUT2D eigenvalue weighted by Gasteiger charge is -2.16. The lowest BCUT2D eigenvalue weighted by atomic mass is 9.87. The fourth-order valence-corrected chi connectivity index (χ4v) is 1.36. The molecule has 0 saturated heterocycles. The molecule has 0 unspecified atom stereocenters. The maximum Gasteiger partial charge on any atom is 0.162 e. The Bertz CT molecular complexity index is 391. The van der Waals surface area contributed by atoms with Crippen molar-refractivity contribution in [3.63, 3.8) is 0 Å². The average Bonchev–Trinajstić information content (AvgIpc) is 2.18. The van der Waals surface area contributed by atoms with E-state index in [9.17, 15) is 13.6 Å². The third kappa shape index (κ3) is 3.12. The Morgan fingerprint density at radius 1 is 1.25 bits per heavy atom. The van der Waals surface area contributed by atoms with Gasteiger partial charge < -0.3 is 0 Å². The summed E-state index contributed by atoms with van der Waals surface area (Å²) >= 11 is 0. The van der Waals surface area contributed by atoms with Gasteiger partial charge in [-0.1, -0.05) is 32.9 Å².